The van der Waals surface area contributed by atoms with Crippen LogP contribution < -0.4 is 0 Å². The monoisotopic (exact) mass is 238 g/mol. The molecule has 0 amide bonds. The second-order valence-electron chi connectivity index (χ2n) is 4.98. The molecule has 17 heavy (non-hydrogen) atoms. The number of esters is 1. The lowest BCUT2D eigenvalue weighted by Gasteiger charge is -2.25. The van der Waals surface area contributed by atoms with E-state index in [0.717, 1.165) is 12.8 Å². The summed E-state index contributed by atoms with van der Waals surface area (Å²) in [4.78, 5) is 11.4. The molecule has 2 rings (SSSR count). The van der Waals surface area contributed by atoms with E-state index in [1.54, 1.807) is 6.92 Å². The fourth-order valence-electron chi connectivity index (χ4n) is 2.59. The molecule has 2 saturated heterocycles. The summed E-state index contributed by atoms with van der Waals surface area (Å²) in [6.07, 6.45) is 2.45. The number of aliphatic hydroxyl groups is 1. The molecule has 1 N–H and O–H groups in total. The minimum Gasteiger partial charge on any atom is -0.428 e. The van der Waals surface area contributed by atoms with Gasteiger partial charge in [-0.3, -0.25) is 0 Å². The van der Waals surface area contributed by atoms with Crippen molar-refractivity contribution >= 4 is 5.97 Å². The van der Waals surface area contributed by atoms with Gasteiger partial charge in [0.05, 0.1) is 18.3 Å². The van der Waals surface area contributed by atoms with Crippen LogP contribution in [0, 0.1) is 5.92 Å². The van der Waals surface area contributed by atoms with Gasteiger partial charge in [-0.05, 0) is 26.2 Å². The maximum absolute atomic E-state index is 11.4. The summed E-state index contributed by atoms with van der Waals surface area (Å²) >= 11 is 0. The standard InChI is InChI=1S/C13H18O4/c1-8(2)12(15)16-9(3)10-6-13(7-14)5-4-11(10)17-13/h10-11,14H,1,3-7H2,2H3. The number of ether oxygens (including phenoxy) is 2. The van der Waals surface area contributed by atoms with Crippen molar-refractivity contribution in [2.75, 3.05) is 6.61 Å². The third kappa shape index (κ3) is 2.15. The summed E-state index contributed by atoms with van der Waals surface area (Å²) in [5.41, 5.74) is -0.0828. The molecular formula is C13H18O4. The number of carbonyl (C=O) groups excluding carboxylic acids is 1. The first-order chi connectivity index (χ1) is 7.97. The van der Waals surface area contributed by atoms with Gasteiger partial charge >= 0.3 is 5.97 Å². The highest BCUT2D eigenvalue weighted by molar-refractivity contribution is 5.87. The molecule has 2 heterocycles. The number of aliphatic hydroxyl groups excluding tert-OH is 1. The SMILES string of the molecule is C=C(C)C(=O)OC(=C)C1CC2(CO)CCC1O2. The fraction of sp³-hybridized carbons (Fsp3) is 0.615. The fourth-order valence-corrected chi connectivity index (χ4v) is 2.59. The Morgan fingerprint density at radius 2 is 2.29 bits per heavy atom. The molecule has 3 atom stereocenters. The largest absolute Gasteiger partial charge is 0.428 e. The van der Waals surface area contributed by atoms with E-state index in [2.05, 4.69) is 13.2 Å². The van der Waals surface area contributed by atoms with Gasteiger partial charge in [0, 0.05) is 11.5 Å². The number of fused-ring (bicyclic) bond motifs is 2. The van der Waals surface area contributed by atoms with E-state index >= 15 is 0 Å². The van der Waals surface area contributed by atoms with Gasteiger partial charge in [0.1, 0.15) is 5.76 Å². The topological polar surface area (TPSA) is 55.8 Å². The molecular weight excluding hydrogens is 220 g/mol. The highest BCUT2D eigenvalue weighted by Gasteiger charge is 2.53. The number of hydrogen-bond acceptors (Lipinski definition) is 4. The summed E-state index contributed by atoms with van der Waals surface area (Å²) in [5.74, 6) is -0.0203. The van der Waals surface area contributed by atoms with Crippen molar-refractivity contribution in [3.8, 4) is 0 Å². The van der Waals surface area contributed by atoms with Crippen LogP contribution in [0.4, 0.5) is 0 Å². The van der Waals surface area contributed by atoms with Crippen LogP contribution in [-0.2, 0) is 14.3 Å². The quantitative estimate of drug-likeness (QED) is 0.458. The van der Waals surface area contributed by atoms with Gasteiger partial charge in [-0.1, -0.05) is 13.2 Å². The summed E-state index contributed by atoms with van der Waals surface area (Å²) in [5, 5.41) is 9.34. The second-order valence-corrected chi connectivity index (χ2v) is 4.98. The molecule has 2 aliphatic heterocycles. The molecule has 3 unspecified atom stereocenters. The molecule has 0 aliphatic carbocycles. The van der Waals surface area contributed by atoms with Crippen molar-refractivity contribution in [2.45, 2.75) is 37.9 Å². The summed E-state index contributed by atoms with van der Waals surface area (Å²) in [7, 11) is 0. The van der Waals surface area contributed by atoms with Crippen molar-refractivity contribution in [1.29, 1.82) is 0 Å². The zero-order chi connectivity index (χ0) is 12.6. The van der Waals surface area contributed by atoms with Crippen LogP contribution >= 0.6 is 0 Å². The predicted molar refractivity (Wildman–Crippen MR) is 62.1 cm³/mol. The molecule has 4 nitrogen and oxygen atoms in total. The molecule has 0 radical (unpaired) electrons. The van der Waals surface area contributed by atoms with Crippen molar-refractivity contribution in [3.63, 3.8) is 0 Å². The van der Waals surface area contributed by atoms with Crippen molar-refractivity contribution in [2.24, 2.45) is 5.92 Å². The Bertz CT molecular complexity index is 374. The number of carbonyl (C=O) groups is 1. The van der Waals surface area contributed by atoms with Gasteiger partial charge in [-0.2, -0.15) is 0 Å². The van der Waals surface area contributed by atoms with Crippen LogP contribution in [0.25, 0.3) is 0 Å². The van der Waals surface area contributed by atoms with E-state index in [0.29, 0.717) is 17.8 Å². The smallest absolute Gasteiger partial charge is 0.338 e. The second kappa shape index (κ2) is 4.27. The Kier molecular flexibility index (Phi) is 3.10. The van der Waals surface area contributed by atoms with E-state index < -0.39 is 11.6 Å². The Balaban J connectivity index is 1.99. The minimum absolute atomic E-state index is 0.000741. The zero-order valence-corrected chi connectivity index (χ0v) is 10.1. The molecule has 0 spiro atoms. The molecule has 2 aliphatic rings. The lowest BCUT2D eigenvalue weighted by atomic mass is 9.81. The van der Waals surface area contributed by atoms with Gasteiger partial charge < -0.3 is 14.6 Å². The molecule has 4 heteroatoms. The van der Waals surface area contributed by atoms with Crippen LogP contribution in [0.1, 0.15) is 26.2 Å². The molecule has 0 aromatic carbocycles. The third-order valence-corrected chi connectivity index (χ3v) is 3.60. The maximum atomic E-state index is 11.4. The Labute approximate surface area is 101 Å². The number of hydrogen-bond donors (Lipinski definition) is 1. The predicted octanol–water partition coefficient (Wildman–Crippen LogP) is 1.55. The van der Waals surface area contributed by atoms with E-state index in [9.17, 15) is 9.90 Å². The summed E-state index contributed by atoms with van der Waals surface area (Å²) < 4.78 is 10.9. The Morgan fingerprint density at radius 1 is 1.59 bits per heavy atom. The number of rotatable bonds is 4. The van der Waals surface area contributed by atoms with Gasteiger partial charge in [-0.25, -0.2) is 4.79 Å². The van der Waals surface area contributed by atoms with Gasteiger partial charge in [-0.15, -0.1) is 0 Å². The van der Waals surface area contributed by atoms with Crippen molar-refractivity contribution in [1.82, 2.24) is 0 Å². The lowest BCUT2D eigenvalue weighted by Crippen LogP contribution is -2.31. The Hall–Kier alpha value is -1.13. The van der Waals surface area contributed by atoms with Gasteiger partial charge in [0.25, 0.3) is 0 Å². The van der Waals surface area contributed by atoms with Gasteiger partial charge in [0.2, 0.25) is 0 Å². The van der Waals surface area contributed by atoms with Crippen LogP contribution in [0.15, 0.2) is 24.5 Å². The average Bonchev–Trinajstić information content (AvgIpc) is 2.87. The van der Waals surface area contributed by atoms with E-state index in [4.69, 9.17) is 9.47 Å². The molecule has 2 bridgehead atoms. The van der Waals surface area contributed by atoms with Gasteiger partial charge in [0.15, 0.2) is 0 Å². The van der Waals surface area contributed by atoms with Crippen LogP contribution in [0.2, 0.25) is 0 Å². The van der Waals surface area contributed by atoms with E-state index in [-0.39, 0.29) is 18.6 Å². The van der Waals surface area contributed by atoms with Crippen LogP contribution in [0.3, 0.4) is 0 Å². The van der Waals surface area contributed by atoms with E-state index in [1.165, 1.54) is 0 Å². The molecule has 0 aromatic rings. The molecule has 0 saturated carbocycles. The first kappa shape index (κ1) is 12.3. The van der Waals surface area contributed by atoms with Crippen molar-refractivity contribution in [3.05, 3.63) is 24.5 Å². The first-order valence-corrected chi connectivity index (χ1v) is 5.82. The molecule has 2 fully saturated rings. The lowest BCUT2D eigenvalue weighted by molar-refractivity contribution is -0.135. The molecule has 0 aromatic heterocycles. The normalized spacial score (nSPS) is 34.7. The van der Waals surface area contributed by atoms with E-state index in [1.807, 2.05) is 0 Å². The Morgan fingerprint density at radius 3 is 2.82 bits per heavy atom. The summed E-state index contributed by atoms with van der Waals surface area (Å²) in [6, 6.07) is 0. The van der Waals surface area contributed by atoms with Crippen LogP contribution in [0.5, 0.6) is 0 Å². The maximum Gasteiger partial charge on any atom is 0.338 e. The highest BCUT2D eigenvalue weighted by atomic mass is 16.6. The summed E-state index contributed by atoms with van der Waals surface area (Å²) in [6.45, 7) is 8.94. The third-order valence-electron chi connectivity index (χ3n) is 3.60. The minimum atomic E-state index is -0.448. The zero-order valence-electron chi connectivity index (χ0n) is 10.1. The molecule has 94 valence electrons. The van der Waals surface area contributed by atoms with Crippen molar-refractivity contribution < 1.29 is 19.4 Å². The highest BCUT2D eigenvalue weighted by Crippen LogP contribution is 2.49. The average molecular weight is 238 g/mol. The first-order valence-electron chi connectivity index (χ1n) is 5.82. The van der Waals surface area contributed by atoms with Crippen LogP contribution in [-0.4, -0.2) is 29.4 Å².